The normalized spacial score (nSPS) is 8.80. The summed E-state index contributed by atoms with van der Waals surface area (Å²) in [4.78, 5) is 41.5. The third-order valence-electron chi connectivity index (χ3n) is 1.23. The van der Waals surface area contributed by atoms with Crippen LogP contribution < -0.4 is 16.0 Å². The summed E-state index contributed by atoms with van der Waals surface area (Å²) in [5.41, 5.74) is 0. The van der Waals surface area contributed by atoms with Crippen molar-refractivity contribution >= 4 is 24.2 Å². The van der Waals surface area contributed by atoms with Crippen molar-refractivity contribution in [2.75, 3.05) is 19.6 Å². The van der Waals surface area contributed by atoms with Gasteiger partial charge in [0, 0.05) is 0 Å². The Hall–Kier alpha value is -2.12. The molecule has 0 aromatic carbocycles. The minimum atomic E-state index is -1.17. The fourth-order valence-corrected chi connectivity index (χ4v) is 0.612. The van der Waals surface area contributed by atoms with Gasteiger partial charge in [0.15, 0.2) is 0 Å². The topological polar surface area (TPSA) is 125 Å². The van der Waals surface area contributed by atoms with Crippen molar-refractivity contribution in [1.82, 2.24) is 16.0 Å². The van der Waals surface area contributed by atoms with E-state index < -0.39 is 24.3 Å². The summed E-state index contributed by atoms with van der Waals surface area (Å²) in [6.45, 7) is -1.05. The second-order valence-corrected chi connectivity index (χ2v) is 2.45. The number of nitrogens with one attached hydrogen (secondary N) is 3. The van der Waals surface area contributed by atoms with E-state index in [2.05, 4.69) is 16.0 Å². The zero-order chi connectivity index (χ0) is 11.7. The molecule has 0 aliphatic rings. The predicted molar refractivity (Wildman–Crippen MR) is 47.7 cm³/mol. The summed E-state index contributed by atoms with van der Waals surface area (Å²) in [5, 5.41) is 14.5. The second-order valence-electron chi connectivity index (χ2n) is 2.45. The van der Waals surface area contributed by atoms with Gasteiger partial charge in [-0.15, -0.1) is 0 Å². The first-order valence-electron chi connectivity index (χ1n) is 3.98. The Balaban J connectivity index is 3.57. The molecule has 0 saturated heterocycles. The van der Waals surface area contributed by atoms with Gasteiger partial charge >= 0.3 is 5.97 Å². The molecule has 0 rings (SSSR count). The quantitative estimate of drug-likeness (QED) is 0.339. The Morgan fingerprint density at radius 2 is 1.53 bits per heavy atom. The number of carbonyl (C=O) groups is 4. The highest BCUT2D eigenvalue weighted by atomic mass is 16.4. The zero-order valence-electron chi connectivity index (χ0n) is 7.78. The SMILES string of the molecule is O=CNCC(=O)NCC(=O)NCC(=O)O. The molecule has 0 heterocycles. The molecule has 0 saturated carbocycles. The fraction of sp³-hybridized carbons (Fsp3) is 0.429. The summed E-state index contributed by atoms with van der Waals surface area (Å²) in [6.07, 6.45) is 0.351. The van der Waals surface area contributed by atoms with Crippen molar-refractivity contribution in [2.45, 2.75) is 0 Å². The summed E-state index contributed by atoms with van der Waals surface area (Å²) in [7, 11) is 0. The highest BCUT2D eigenvalue weighted by Gasteiger charge is 2.05. The van der Waals surface area contributed by atoms with Gasteiger partial charge < -0.3 is 21.1 Å². The van der Waals surface area contributed by atoms with Crippen molar-refractivity contribution in [1.29, 1.82) is 0 Å². The predicted octanol–water partition coefficient (Wildman–Crippen LogP) is -2.95. The molecule has 0 aromatic heterocycles. The lowest BCUT2D eigenvalue weighted by molar-refractivity contribution is -0.137. The first kappa shape index (κ1) is 12.9. The van der Waals surface area contributed by atoms with Crippen molar-refractivity contribution < 1.29 is 24.3 Å². The standard InChI is InChI=1S/C7H11N3O5/c11-4-8-1-5(12)9-2-6(13)10-3-7(14)15/h4H,1-3H2,(H,8,11)(H,9,12)(H,10,13)(H,14,15). The monoisotopic (exact) mass is 217 g/mol. The number of hydrogen-bond donors (Lipinski definition) is 4. The number of carboxylic acid groups (broad SMARTS) is 1. The van der Waals surface area contributed by atoms with E-state index in [0.29, 0.717) is 6.41 Å². The first-order chi connectivity index (χ1) is 7.06. The maximum atomic E-state index is 10.8. The van der Waals surface area contributed by atoms with E-state index in [1.807, 2.05) is 0 Å². The molecule has 0 aromatic rings. The number of rotatable bonds is 7. The van der Waals surface area contributed by atoms with E-state index in [4.69, 9.17) is 5.11 Å². The number of carbonyl (C=O) groups excluding carboxylic acids is 3. The largest absolute Gasteiger partial charge is 0.480 e. The van der Waals surface area contributed by atoms with E-state index in [-0.39, 0.29) is 13.1 Å². The molecule has 8 heteroatoms. The minimum absolute atomic E-state index is 0.226. The summed E-state index contributed by atoms with van der Waals surface area (Å²) in [5.74, 6) is -2.32. The van der Waals surface area contributed by atoms with Gasteiger partial charge in [0.2, 0.25) is 18.2 Å². The van der Waals surface area contributed by atoms with Crippen LogP contribution in [0.15, 0.2) is 0 Å². The third-order valence-corrected chi connectivity index (χ3v) is 1.23. The van der Waals surface area contributed by atoms with Crippen LogP contribution in [-0.4, -0.2) is 48.9 Å². The molecular weight excluding hydrogens is 206 g/mol. The lowest BCUT2D eigenvalue weighted by Gasteiger charge is -2.04. The molecule has 84 valence electrons. The van der Waals surface area contributed by atoms with Crippen LogP contribution in [0.1, 0.15) is 0 Å². The molecule has 15 heavy (non-hydrogen) atoms. The molecule has 0 aliphatic heterocycles. The Morgan fingerprint density at radius 3 is 2.07 bits per heavy atom. The molecule has 0 spiro atoms. The van der Waals surface area contributed by atoms with Crippen LogP contribution in [-0.2, 0) is 19.2 Å². The van der Waals surface area contributed by atoms with Crippen LogP contribution in [0, 0.1) is 0 Å². The van der Waals surface area contributed by atoms with Crippen LogP contribution in [0.5, 0.6) is 0 Å². The van der Waals surface area contributed by atoms with Gasteiger partial charge in [-0.1, -0.05) is 0 Å². The van der Waals surface area contributed by atoms with E-state index in [1.54, 1.807) is 0 Å². The molecular formula is C7H11N3O5. The van der Waals surface area contributed by atoms with Gasteiger partial charge in [-0.05, 0) is 0 Å². The second kappa shape index (κ2) is 7.30. The summed E-state index contributed by atoms with van der Waals surface area (Å²) >= 11 is 0. The van der Waals surface area contributed by atoms with Gasteiger partial charge in [-0.3, -0.25) is 19.2 Å². The number of carboxylic acids is 1. The van der Waals surface area contributed by atoms with E-state index in [0.717, 1.165) is 0 Å². The third kappa shape index (κ3) is 8.22. The molecule has 0 unspecified atom stereocenters. The van der Waals surface area contributed by atoms with E-state index in [1.165, 1.54) is 0 Å². The number of amides is 3. The Bertz CT molecular complexity index is 265. The van der Waals surface area contributed by atoms with Crippen LogP contribution in [0.3, 0.4) is 0 Å². The molecule has 4 N–H and O–H groups in total. The molecule has 0 radical (unpaired) electrons. The van der Waals surface area contributed by atoms with Crippen molar-refractivity contribution in [3.63, 3.8) is 0 Å². The smallest absolute Gasteiger partial charge is 0.322 e. The van der Waals surface area contributed by atoms with Gasteiger partial charge in [0.1, 0.15) is 6.54 Å². The number of hydrogen-bond acceptors (Lipinski definition) is 4. The average molecular weight is 217 g/mol. The highest BCUT2D eigenvalue weighted by Crippen LogP contribution is 1.67. The van der Waals surface area contributed by atoms with Crippen molar-refractivity contribution in [2.24, 2.45) is 0 Å². The van der Waals surface area contributed by atoms with Crippen molar-refractivity contribution in [3.8, 4) is 0 Å². The van der Waals surface area contributed by atoms with Crippen LogP contribution in [0.4, 0.5) is 0 Å². The summed E-state index contributed by atoms with van der Waals surface area (Å²) in [6, 6.07) is 0. The Morgan fingerprint density at radius 1 is 1.00 bits per heavy atom. The first-order valence-corrected chi connectivity index (χ1v) is 3.98. The molecule has 8 nitrogen and oxygen atoms in total. The molecule has 0 bridgehead atoms. The zero-order valence-corrected chi connectivity index (χ0v) is 7.78. The van der Waals surface area contributed by atoms with Crippen LogP contribution in [0.2, 0.25) is 0 Å². The Labute approximate surface area is 85.0 Å². The summed E-state index contributed by atoms with van der Waals surface area (Å²) < 4.78 is 0. The van der Waals surface area contributed by atoms with E-state index >= 15 is 0 Å². The van der Waals surface area contributed by atoms with E-state index in [9.17, 15) is 19.2 Å². The highest BCUT2D eigenvalue weighted by molar-refractivity contribution is 5.87. The van der Waals surface area contributed by atoms with Gasteiger partial charge in [-0.25, -0.2) is 0 Å². The maximum Gasteiger partial charge on any atom is 0.322 e. The minimum Gasteiger partial charge on any atom is -0.480 e. The fourth-order valence-electron chi connectivity index (χ4n) is 0.612. The number of aliphatic carboxylic acids is 1. The molecule has 0 fully saturated rings. The molecule has 0 aliphatic carbocycles. The van der Waals surface area contributed by atoms with Crippen LogP contribution in [0.25, 0.3) is 0 Å². The van der Waals surface area contributed by atoms with Gasteiger partial charge in [0.25, 0.3) is 0 Å². The molecule has 0 atom stereocenters. The lowest BCUT2D eigenvalue weighted by Crippen LogP contribution is -2.41. The maximum absolute atomic E-state index is 10.8. The van der Waals surface area contributed by atoms with Crippen LogP contribution >= 0.6 is 0 Å². The average Bonchev–Trinajstić information content (AvgIpc) is 2.20. The lowest BCUT2D eigenvalue weighted by atomic mass is 10.5. The van der Waals surface area contributed by atoms with Gasteiger partial charge in [0.05, 0.1) is 13.1 Å². The van der Waals surface area contributed by atoms with Crippen molar-refractivity contribution in [3.05, 3.63) is 0 Å². The molecule has 3 amide bonds. The Kier molecular flexibility index (Phi) is 6.27. The van der Waals surface area contributed by atoms with Gasteiger partial charge in [-0.2, -0.15) is 0 Å².